The molecule has 2 aromatic rings. The van der Waals surface area contributed by atoms with Crippen molar-refractivity contribution in [3.05, 3.63) is 34.5 Å². The summed E-state index contributed by atoms with van der Waals surface area (Å²) in [6.45, 7) is 2.43. The lowest BCUT2D eigenvalue weighted by atomic mass is 10.1. The Morgan fingerprint density at radius 3 is 3.30 bits per heavy atom. The molecule has 1 fully saturated rings. The molecule has 2 aromatic heterocycles. The molecule has 20 heavy (non-hydrogen) atoms. The van der Waals surface area contributed by atoms with Gasteiger partial charge in [0, 0.05) is 18.1 Å². The number of carbonyl (C=O) groups is 1. The highest BCUT2D eigenvalue weighted by atomic mass is 32.1. The fourth-order valence-corrected chi connectivity index (χ4v) is 2.87. The van der Waals surface area contributed by atoms with Gasteiger partial charge in [0.05, 0.1) is 23.8 Å². The van der Waals surface area contributed by atoms with Crippen LogP contribution in [0.5, 0.6) is 0 Å². The summed E-state index contributed by atoms with van der Waals surface area (Å²) in [7, 11) is 0. The van der Waals surface area contributed by atoms with Crippen LogP contribution in [0.1, 0.15) is 35.1 Å². The SMILES string of the molecule is O=C(NCc1cscn1)c1ccn([C@@H]2CCCNC2)n1. The molecule has 1 atom stereocenters. The van der Waals surface area contributed by atoms with Gasteiger partial charge in [0.25, 0.3) is 5.91 Å². The zero-order valence-electron chi connectivity index (χ0n) is 11.1. The Morgan fingerprint density at radius 2 is 2.55 bits per heavy atom. The minimum absolute atomic E-state index is 0.152. The molecule has 0 radical (unpaired) electrons. The van der Waals surface area contributed by atoms with Gasteiger partial charge >= 0.3 is 0 Å². The molecule has 2 N–H and O–H groups in total. The normalized spacial score (nSPS) is 18.9. The van der Waals surface area contributed by atoms with Crippen molar-refractivity contribution in [2.24, 2.45) is 0 Å². The number of aromatic nitrogens is 3. The van der Waals surface area contributed by atoms with Crippen LogP contribution >= 0.6 is 11.3 Å². The van der Waals surface area contributed by atoms with E-state index in [0.717, 1.165) is 31.6 Å². The van der Waals surface area contributed by atoms with Crippen LogP contribution in [0.2, 0.25) is 0 Å². The maximum absolute atomic E-state index is 12.0. The van der Waals surface area contributed by atoms with Crippen molar-refractivity contribution < 1.29 is 4.79 Å². The first kappa shape index (κ1) is 13.3. The molecule has 3 rings (SSSR count). The maximum atomic E-state index is 12.0. The predicted octanol–water partition coefficient (Wildman–Crippen LogP) is 1.19. The number of rotatable bonds is 4. The summed E-state index contributed by atoms with van der Waals surface area (Å²) in [6.07, 6.45) is 4.14. The van der Waals surface area contributed by atoms with Crippen molar-refractivity contribution in [3.8, 4) is 0 Å². The summed E-state index contributed by atoms with van der Waals surface area (Å²) >= 11 is 1.52. The van der Waals surface area contributed by atoms with E-state index in [1.807, 2.05) is 16.3 Å². The van der Waals surface area contributed by atoms with Crippen LogP contribution in [0.15, 0.2) is 23.2 Å². The van der Waals surface area contributed by atoms with Crippen LogP contribution in [0.4, 0.5) is 0 Å². The van der Waals surface area contributed by atoms with Gasteiger partial charge in [0.2, 0.25) is 0 Å². The number of hydrogen-bond acceptors (Lipinski definition) is 5. The Morgan fingerprint density at radius 1 is 1.60 bits per heavy atom. The van der Waals surface area contributed by atoms with Crippen LogP contribution in [0, 0.1) is 0 Å². The van der Waals surface area contributed by atoms with Crippen LogP contribution in [-0.4, -0.2) is 33.8 Å². The molecule has 3 heterocycles. The first-order valence-electron chi connectivity index (χ1n) is 6.74. The van der Waals surface area contributed by atoms with Crippen molar-refractivity contribution in [2.45, 2.75) is 25.4 Å². The maximum Gasteiger partial charge on any atom is 0.272 e. The second-order valence-corrected chi connectivity index (χ2v) is 5.56. The molecule has 6 nitrogen and oxygen atoms in total. The summed E-state index contributed by atoms with van der Waals surface area (Å²) in [5.74, 6) is -0.152. The van der Waals surface area contributed by atoms with Crippen molar-refractivity contribution in [1.29, 1.82) is 0 Å². The molecule has 0 aromatic carbocycles. The molecule has 7 heteroatoms. The van der Waals surface area contributed by atoms with Crippen LogP contribution in [-0.2, 0) is 6.54 Å². The van der Waals surface area contributed by atoms with Gasteiger partial charge in [0.1, 0.15) is 5.69 Å². The van der Waals surface area contributed by atoms with Crippen LogP contribution in [0.25, 0.3) is 0 Å². The largest absolute Gasteiger partial charge is 0.345 e. The smallest absolute Gasteiger partial charge is 0.272 e. The predicted molar refractivity (Wildman–Crippen MR) is 76.7 cm³/mol. The molecule has 1 amide bonds. The van der Waals surface area contributed by atoms with E-state index < -0.39 is 0 Å². The van der Waals surface area contributed by atoms with Crippen molar-refractivity contribution >= 4 is 17.2 Å². The minimum Gasteiger partial charge on any atom is -0.345 e. The summed E-state index contributed by atoms with van der Waals surface area (Å²) in [6, 6.07) is 2.12. The Balaban J connectivity index is 1.59. The highest BCUT2D eigenvalue weighted by molar-refractivity contribution is 7.07. The third-order valence-corrected chi connectivity index (χ3v) is 4.03. The zero-order chi connectivity index (χ0) is 13.8. The molecule has 0 unspecified atom stereocenters. The van der Waals surface area contributed by atoms with Crippen molar-refractivity contribution in [1.82, 2.24) is 25.4 Å². The second kappa shape index (κ2) is 6.15. The molecule has 0 spiro atoms. The molecule has 0 aliphatic carbocycles. The van der Waals surface area contributed by atoms with E-state index >= 15 is 0 Å². The number of thiazole rings is 1. The van der Waals surface area contributed by atoms with Gasteiger partial charge in [-0.3, -0.25) is 9.48 Å². The van der Waals surface area contributed by atoms with Gasteiger partial charge in [-0.2, -0.15) is 5.10 Å². The van der Waals surface area contributed by atoms with Crippen molar-refractivity contribution in [2.75, 3.05) is 13.1 Å². The third-order valence-electron chi connectivity index (χ3n) is 3.40. The van der Waals surface area contributed by atoms with Crippen molar-refractivity contribution in [3.63, 3.8) is 0 Å². The van der Waals surface area contributed by atoms with Gasteiger partial charge < -0.3 is 10.6 Å². The molecule has 106 valence electrons. The average molecular weight is 291 g/mol. The fourth-order valence-electron chi connectivity index (χ4n) is 2.31. The van der Waals surface area contributed by atoms with E-state index in [1.54, 1.807) is 11.6 Å². The summed E-state index contributed by atoms with van der Waals surface area (Å²) < 4.78 is 1.89. The highest BCUT2D eigenvalue weighted by Gasteiger charge is 2.17. The number of hydrogen-bond donors (Lipinski definition) is 2. The Hall–Kier alpha value is -1.73. The lowest BCUT2D eigenvalue weighted by molar-refractivity contribution is 0.0944. The Kier molecular flexibility index (Phi) is 4.08. The van der Waals surface area contributed by atoms with E-state index in [9.17, 15) is 4.79 Å². The first-order valence-corrected chi connectivity index (χ1v) is 7.68. The number of nitrogens with zero attached hydrogens (tertiary/aromatic N) is 3. The number of amides is 1. The zero-order valence-corrected chi connectivity index (χ0v) is 11.9. The Bertz CT molecular complexity index is 559. The van der Waals surface area contributed by atoms with E-state index in [4.69, 9.17) is 0 Å². The van der Waals surface area contributed by atoms with E-state index in [2.05, 4.69) is 20.7 Å². The lowest BCUT2D eigenvalue weighted by Gasteiger charge is -2.22. The molecule has 1 aliphatic rings. The van der Waals surface area contributed by atoms with E-state index in [0.29, 0.717) is 18.3 Å². The monoisotopic (exact) mass is 291 g/mol. The summed E-state index contributed by atoms with van der Waals surface area (Å²) in [5, 5.41) is 12.5. The average Bonchev–Trinajstić information content (AvgIpc) is 3.17. The third kappa shape index (κ3) is 3.05. The molecular formula is C13H17N5OS. The van der Waals surface area contributed by atoms with Crippen LogP contribution in [0.3, 0.4) is 0 Å². The van der Waals surface area contributed by atoms with Gasteiger partial charge in [-0.25, -0.2) is 4.98 Å². The fraction of sp³-hybridized carbons (Fsp3) is 0.462. The molecule has 1 aliphatic heterocycles. The Labute approximate surface area is 121 Å². The number of carbonyl (C=O) groups excluding carboxylic acids is 1. The molecule has 1 saturated heterocycles. The van der Waals surface area contributed by atoms with E-state index in [1.165, 1.54) is 11.3 Å². The first-order chi connectivity index (χ1) is 9.83. The molecule has 0 saturated carbocycles. The quantitative estimate of drug-likeness (QED) is 0.888. The summed E-state index contributed by atoms with van der Waals surface area (Å²) in [5.41, 5.74) is 3.09. The van der Waals surface area contributed by atoms with Gasteiger partial charge in [-0.15, -0.1) is 11.3 Å². The van der Waals surface area contributed by atoms with Gasteiger partial charge in [-0.05, 0) is 25.5 Å². The lowest BCUT2D eigenvalue weighted by Crippen LogP contribution is -2.32. The molecule has 0 bridgehead atoms. The second-order valence-electron chi connectivity index (χ2n) is 4.84. The van der Waals surface area contributed by atoms with E-state index in [-0.39, 0.29) is 5.91 Å². The van der Waals surface area contributed by atoms with Gasteiger partial charge in [0.15, 0.2) is 0 Å². The standard InChI is InChI=1S/C13H17N5OS/c19-13(15-6-10-8-20-9-16-10)12-3-5-18(17-12)11-2-1-4-14-7-11/h3,5,8-9,11,14H,1-2,4,6-7H2,(H,15,19)/t11-/m1/s1. The highest BCUT2D eigenvalue weighted by Crippen LogP contribution is 2.15. The minimum atomic E-state index is -0.152. The number of piperidine rings is 1. The summed E-state index contributed by atoms with van der Waals surface area (Å²) in [4.78, 5) is 16.1. The topological polar surface area (TPSA) is 71.8 Å². The molecular weight excluding hydrogens is 274 g/mol. The van der Waals surface area contributed by atoms with Crippen LogP contribution < -0.4 is 10.6 Å². The number of nitrogens with one attached hydrogen (secondary N) is 2. The van der Waals surface area contributed by atoms with Gasteiger partial charge in [-0.1, -0.05) is 0 Å².